The molecule has 0 aliphatic rings. The predicted octanol–water partition coefficient (Wildman–Crippen LogP) is 3.32. The highest BCUT2D eigenvalue weighted by Crippen LogP contribution is 2.17. The highest BCUT2D eigenvalue weighted by molar-refractivity contribution is 5.98. The second-order valence-corrected chi connectivity index (χ2v) is 5.42. The van der Waals surface area contributed by atoms with Gasteiger partial charge in [-0.3, -0.25) is 4.79 Å². The van der Waals surface area contributed by atoms with Crippen LogP contribution in [0, 0.1) is 6.92 Å². The zero-order valence-electron chi connectivity index (χ0n) is 13.3. The van der Waals surface area contributed by atoms with E-state index in [0.717, 1.165) is 10.8 Å². The number of hydrogen-bond donors (Lipinski definition) is 1. The molecule has 0 radical (unpaired) electrons. The fourth-order valence-electron chi connectivity index (χ4n) is 2.25. The molecule has 0 unspecified atom stereocenters. The molecule has 0 aliphatic heterocycles. The Morgan fingerprint density at radius 3 is 2.58 bits per heavy atom. The van der Waals surface area contributed by atoms with Gasteiger partial charge in [-0.25, -0.2) is 4.79 Å². The predicted molar refractivity (Wildman–Crippen MR) is 88.7 cm³/mol. The lowest BCUT2D eigenvalue weighted by Crippen LogP contribution is -2.30. The number of benzene rings is 2. The molecule has 0 saturated heterocycles. The zero-order chi connectivity index (χ0) is 17.1. The molecule has 2 aromatic carbocycles. The Morgan fingerprint density at radius 2 is 1.88 bits per heavy atom. The van der Waals surface area contributed by atoms with E-state index in [2.05, 4.69) is 10.5 Å². The molecule has 24 heavy (non-hydrogen) atoms. The quantitative estimate of drug-likeness (QED) is 0.745. The number of nitrogens with zero attached hydrogens (tertiary/aromatic N) is 1. The topological polar surface area (TPSA) is 81.4 Å². The molecular formula is C18H16N2O4. The van der Waals surface area contributed by atoms with E-state index in [-0.39, 0.29) is 5.82 Å². The molecule has 0 aliphatic carbocycles. The smallest absolute Gasteiger partial charge is 0.338 e. The molecule has 3 aromatic rings. The Labute approximate surface area is 138 Å². The van der Waals surface area contributed by atoms with Gasteiger partial charge in [0.25, 0.3) is 5.91 Å². The van der Waals surface area contributed by atoms with Crippen molar-refractivity contribution >= 4 is 28.5 Å². The van der Waals surface area contributed by atoms with Gasteiger partial charge in [-0.1, -0.05) is 35.5 Å². The molecule has 0 bridgehead atoms. The Kier molecular flexibility index (Phi) is 4.29. The van der Waals surface area contributed by atoms with E-state index >= 15 is 0 Å². The molecule has 0 saturated carbocycles. The molecule has 1 amide bonds. The Morgan fingerprint density at radius 1 is 1.12 bits per heavy atom. The number of aromatic nitrogens is 1. The van der Waals surface area contributed by atoms with Crippen LogP contribution in [0.3, 0.4) is 0 Å². The highest BCUT2D eigenvalue weighted by Gasteiger charge is 2.20. The number of carbonyl (C=O) groups is 2. The maximum absolute atomic E-state index is 12.2. The summed E-state index contributed by atoms with van der Waals surface area (Å²) in [6.07, 6.45) is -0.957. The van der Waals surface area contributed by atoms with E-state index in [0.29, 0.717) is 11.3 Å². The monoisotopic (exact) mass is 324 g/mol. The van der Waals surface area contributed by atoms with Crippen LogP contribution in [-0.4, -0.2) is 23.1 Å². The minimum Gasteiger partial charge on any atom is -0.449 e. The summed E-state index contributed by atoms with van der Waals surface area (Å²) in [7, 11) is 0. The fraction of sp³-hybridized carbons (Fsp3) is 0.167. The maximum Gasteiger partial charge on any atom is 0.338 e. The molecule has 6 heteroatoms. The van der Waals surface area contributed by atoms with Crippen LogP contribution in [0.15, 0.2) is 53.1 Å². The van der Waals surface area contributed by atoms with E-state index in [1.165, 1.54) is 6.92 Å². The first-order chi connectivity index (χ1) is 11.5. The number of hydrogen-bond acceptors (Lipinski definition) is 5. The molecule has 1 atom stereocenters. The standard InChI is InChI=1S/C18H16N2O4/c1-11-9-16(20-24-11)19-17(21)12(2)23-18(22)15-8-7-13-5-3-4-6-14(13)10-15/h3-10,12H,1-2H3,(H,19,20,21)/t12-/m1/s1. The van der Waals surface area contributed by atoms with E-state index in [1.807, 2.05) is 30.3 Å². The lowest BCUT2D eigenvalue weighted by molar-refractivity contribution is -0.123. The van der Waals surface area contributed by atoms with Crippen molar-refractivity contribution in [1.29, 1.82) is 0 Å². The maximum atomic E-state index is 12.2. The van der Waals surface area contributed by atoms with Crippen molar-refractivity contribution in [2.24, 2.45) is 0 Å². The van der Waals surface area contributed by atoms with Crippen LogP contribution in [-0.2, 0) is 9.53 Å². The normalized spacial score (nSPS) is 11.9. The number of carbonyl (C=O) groups excluding carboxylic acids is 2. The van der Waals surface area contributed by atoms with Crippen LogP contribution in [0.1, 0.15) is 23.0 Å². The van der Waals surface area contributed by atoms with Crippen molar-refractivity contribution in [3.05, 3.63) is 59.9 Å². The molecule has 1 N–H and O–H groups in total. The van der Waals surface area contributed by atoms with Gasteiger partial charge < -0.3 is 14.6 Å². The van der Waals surface area contributed by atoms with Gasteiger partial charge in [-0.15, -0.1) is 0 Å². The number of esters is 1. The first-order valence-electron chi connectivity index (χ1n) is 7.47. The molecule has 1 aromatic heterocycles. The van der Waals surface area contributed by atoms with Crippen molar-refractivity contribution in [3.8, 4) is 0 Å². The van der Waals surface area contributed by atoms with E-state index in [1.54, 1.807) is 25.1 Å². The number of fused-ring (bicyclic) bond motifs is 1. The highest BCUT2D eigenvalue weighted by atomic mass is 16.5. The second-order valence-electron chi connectivity index (χ2n) is 5.42. The summed E-state index contributed by atoms with van der Waals surface area (Å²) in [5, 5.41) is 8.15. The average molecular weight is 324 g/mol. The summed E-state index contributed by atoms with van der Waals surface area (Å²) < 4.78 is 10.1. The summed E-state index contributed by atoms with van der Waals surface area (Å²) in [5.41, 5.74) is 0.394. The van der Waals surface area contributed by atoms with Gasteiger partial charge in [0.1, 0.15) is 5.76 Å². The molecule has 0 spiro atoms. The Balaban J connectivity index is 1.67. The van der Waals surface area contributed by atoms with E-state index in [9.17, 15) is 9.59 Å². The minimum absolute atomic E-state index is 0.283. The van der Waals surface area contributed by atoms with Crippen LogP contribution in [0.5, 0.6) is 0 Å². The molecular weight excluding hydrogens is 308 g/mol. The molecule has 6 nitrogen and oxygen atoms in total. The summed E-state index contributed by atoms with van der Waals surface area (Å²) in [6.45, 7) is 3.22. The summed E-state index contributed by atoms with van der Waals surface area (Å²) in [5.74, 6) is -0.172. The van der Waals surface area contributed by atoms with Gasteiger partial charge in [0.05, 0.1) is 5.56 Å². The molecule has 122 valence electrons. The van der Waals surface area contributed by atoms with Crippen molar-refractivity contribution in [2.75, 3.05) is 5.32 Å². The summed E-state index contributed by atoms with van der Waals surface area (Å²) in [4.78, 5) is 24.3. The van der Waals surface area contributed by atoms with Crippen LogP contribution in [0.2, 0.25) is 0 Å². The van der Waals surface area contributed by atoms with Gasteiger partial charge in [0.15, 0.2) is 11.9 Å². The Hall–Kier alpha value is -3.15. The van der Waals surface area contributed by atoms with Gasteiger partial charge in [-0.2, -0.15) is 0 Å². The zero-order valence-corrected chi connectivity index (χ0v) is 13.3. The molecule has 3 rings (SSSR count). The van der Waals surface area contributed by atoms with Crippen LogP contribution >= 0.6 is 0 Å². The van der Waals surface area contributed by atoms with Crippen LogP contribution in [0.25, 0.3) is 10.8 Å². The fourth-order valence-corrected chi connectivity index (χ4v) is 2.25. The summed E-state index contributed by atoms with van der Waals surface area (Å²) >= 11 is 0. The largest absolute Gasteiger partial charge is 0.449 e. The van der Waals surface area contributed by atoms with Gasteiger partial charge in [0.2, 0.25) is 0 Å². The third-order valence-electron chi connectivity index (χ3n) is 3.52. The van der Waals surface area contributed by atoms with Crippen molar-refractivity contribution in [3.63, 3.8) is 0 Å². The molecule has 0 fully saturated rings. The third kappa shape index (κ3) is 3.43. The lowest BCUT2D eigenvalue weighted by Gasteiger charge is -2.12. The number of ether oxygens (including phenoxy) is 1. The van der Waals surface area contributed by atoms with Gasteiger partial charge in [-0.05, 0) is 36.8 Å². The van der Waals surface area contributed by atoms with Crippen LogP contribution < -0.4 is 5.32 Å². The third-order valence-corrected chi connectivity index (χ3v) is 3.52. The van der Waals surface area contributed by atoms with Crippen molar-refractivity contribution in [1.82, 2.24) is 5.16 Å². The van der Waals surface area contributed by atoms with E-state index < -0.39 is 18.0 Å². The number of amides is 1. The number of anilines is 1. The Bertz CT molecular complexity index is 901. The second kappa shape index (κ2) is 6.54. The number of rotatable bonds is 4. The van der Waals surface area contributed by atoms with Gasteiger partial charge >= 0.3 is 5.97 Å². The number of nitrogens with one attached hydrogen (secondary N) is 1. The van der Waals surface area contributed by atoms with E-state index in [4.69, 9.17) is 9.26 Å². The molecule has 1 heterocycles. The van der Waals surface area contributed by atoms with Crippen LogP contribution in [0.4, 0.5) is 5.82 Å². The minimum atomic E-state index is -0.957. The first kappa shape index (κ1) is 15.7. The summed E-state index contributed by atoms with van der Waals surface area (Å²) in [6, 6.07) is 14.5. The average Bonchev–Trinajstić information content (AvgIpc) is 2.99. The van der Waals surface area contributed by atoms with Gasteiger partial charge in [0, 0.05) is 6.07 Å². The van der Waals surface area contributed by atoms with Crippen molar-refractivity contribution < 1.29 is 18.8 Å². The SMILES string of the molecule is Cc1cc(NC(=O)[C@@H](C)OC(=O)c2ccc3ccccc3c2)no1. The van der Waals surface area contributed by atoms with Crippen molar-refractivity contribution in [2.45, 2.75) is 20.0 Å². The first-order valence-corrected chi connectivity index (χ1v) is 7.47. The number of aryl methyl sites for hydroxylation is 1. The lowest BCUT2D eigenvalue weighted by atomic mass is 10.1.